The third-order valence-electron chi connectivity index (χ3n) is 2.68. The van der Waals surface area contributed by atoms with Crippen LogP contribution in [-0.2, 0) is 0 Å². The average molecular weight is 262 g/mol. The van der Waals surface area contributed by atoms with Crippen molar-refractivity contribution in [2.75, 3.05) is 11.9 Å². The fourth-order valence-electron chi connectivity index (χ4n) is 1.68. The van der Waals surface area contributed by atoms with Crippen LogP contribution in [0.2, 0.25) is 0 Å². The molecule has 0 aliphatic rings. The molecule has 0 aliphatic carbocycles. The van der Waals surface area contributed by atoms with Crippen LogP contribution in [-0.4, -0.2) is 21.7 Å². The van der Waals surface area contributed by atoms with E-state index in [9.17, 15) is 0 Å². The van der Waals surface area contributed by atoms with Gasteiger partial charge in [-0.2, -0.15) is 0 Å². The van der Waals surface area contributed by atoms with Crippen molar-refractivity contribution in [2.45, 2.75) is 33.6 Å². The number of rotatable bonds is 4. The first-order chi connectivity index (χ1) is 8.61. The molecule has 0 spiro atoms. The molecule has 0 saturated heterocycles. The normalized spacial score (nSPS) is 10.9. The summed E-state index contributed by atoms with van der Waals surface area (Å²) in [7, 11) is 0. The Morgan fingerprint density at radius 2 is 2.06 bits per heavy atom. The molecule has 18 heavy (non-hydrogen) atoms. The van der Waals surface area contributed by atoms with Gasteiger partial charge in [0, 0.05) is 23.5 Å². The summed E-state index contributed by atoms with van der Waals surface area (Å²) in [6, 6.07) is 4.16. The van der Waals surface area contributed by atoms with Crippen molar-refractivity contribution in [3.63, 3.8) is 0 Å². The van der Waals surface area contributed by atoms with Gasteiger partial charge in [0.1, 0.15) is 0 Å². The molecular formula is C13H18N4S. The Kier molecular flexibility index (Phi) is 3.91. The first-order valence-electron chi connectivity index (χ1n) is 6.17. The topological polar surface area (TPSA) is 50.7 Å². The van der Waals surface area contributed by atoms with Crippen LogP contribution in [0.15, 0.2) is 12.1 Å². The molecule has 96 valence electrons. The highest BCUT2D eigenvalue weighted by Gasteiger charge is 2.11. The molecule has 4 nitrogen and oxygen atoms in total. The summed E-state index contributed by atoms with van der Waals surface area (Å²) in [5.74, 6) is 0.449. The number of aromatic nitrogens is 3. The summed E-state index contributed by atoms with van der Waals surface area (Å²) in [5.41, 5.74) is 3.20. The van der Waals surface area contributed by atoms with Crippen LogP contribution in [0.5, 0.6) is 0 Å². The lowest BCUT2D eigenvalue weighted by atomic mass is 10.1. The molecule has 2 aromatic heterocycles. The first-order valence-corrected chi connectivity index (χ1v) is 6.98. The van der Waals surface area contributed by atoms with Gasteiger partial charge >= 0.3 is 0 Å². The molecule has 0 radical (unpaired) electrons. The monoisotopic (exact) mass is 262 g/mol. The Balaban J connectivity index is 2.32. The van der Waals surface area contributed by atoms with E-state index in [0.29, 0.717) is 5.92 Å². The molecule has 0 bridgehead atoms. The summed E-state index contributed by atoms with van der Waals surface area (Å²) < 4.78 is 0. The van der Waals surface area contributed by atoms with Gasteiger partial charge in [-0.3, -0.25) is 4.98 Å². The first kappa shape index (κ1) is 13.0. The van der Waals surface area contributed by atoms with Gasteiger partial charge in [-0.1, -0.05) is 25.2 Å². The van der Waals surface area contributed by atoms with Gasteiger partial charge in [-0.15, -0.1) is 10.2 Å². The second-order valence-electron chi connectivity index (χ2n) is 4.47. The molecule has 0 amide bonds. The Hall–Kier alpha value is -1.49. The molecule has 0 aliphatic heterocycles. The highest BCUT2D eigenvalue weighted by atomic mass is 32.1. The SMILES string of the molecule is CCNc1nnc(-c2ccc(C(C)C)nc2C)s1. The summed E-state index contributed by atoms with van der Waals surface area (Å²) in [6.45, 7) is 9.23. The molecule has 0 atom stereocenters. The minimum absolute atomic E-state index is 0.449. The second-order valence-corrected chi connectivity index (χ2v) is 5.44. The van der Waals surface area contributed by atoms with Gasteiger partial charge in [0.05, 0.1) is 0 Å². The number of hydrogen-bond donors (Lipinski definition) is 1. The zero-order chi connectivity index (χ0) is 13.1. The molecule has 0 aromatic carbocycles. The number of anilines is 1. The fourth-order valence-corrected chi connectivity index (χ4v) is 2.57. The van der Waals surface area contributed by atoms with Gasteiger partial charge < -0.3 is 5.32 Å². The van der Waals surface area contributed by atoms with Gasteiger partial charge in [0.25, 0.3) is 0 Å². The standard InChI is InChI=1S/C13H18N4S/c1-5-14-13-17-16-12(18-13)10-6-7-11(8(2)3)15-9(10)4/h6-8H,5H2,1-4H3,(H,14,17). The Labute approximate surface area is 111 Å². The van der Waals surface area contributed by atoms with Crippen LogP contribution in [0.3, 0.4) is 0 Å². The minimum Gasteiger partial charge on any atom is -0.360 e. The van der Waals surface area contributed by atoms with E-state index in [0.717, 1.165) is 33.6 Å². The van der Waals surface area contributed by atoms with Crippen LogP contribution >= 0.6 is 11.3 Å². The third kappa shape index (κ3) is 2.67. The lowest BCUT2D eigenvalue weighted by molar-refractivity contribution is 0.816. The molecule has 2 aromatic rings. The van der Waals surface area contributed by atoms with E-state index in [1.165, 1.54) is 0 Å². The molecule has 2 rings (SSSR count). The number of hydrogen-bond acceptors (Lipinski definition) is 5. The van der Waals surface area contributed by atoms with E-state index in [1.807, 2.05) is 13.8 Å². The number of pyridine rings is 1. The van der Waals surface area contributed by atoms with Crippen molar-refractivity contribution in [3.05, 3.63) is 23.5 Å². The predicted molar refractivity (Wildman–Crippen MR) is 76.1 cm³/mol. The van der Waals surface area contributed by atoms with Crippen molar-refractivity contribution in [3.8, 4) is 10.6 Å². The molecule has 1 N–H and O–H groups in total. The van der Waals surface area contributed by atoms with E-state index >= 15 is 0 Å². The van der Waals surface area contributed by atoms with Crippen molar-refractivity contribution in [1.82, 2.24) is 15.2 Å². The molecule has 5 heteroatoms. The fraction of sp³-hybridized carbons (Fsp3) is 0.462. The molecular weight excluding hydrogens is 244 g/mol. The maximum atomic E-state index is 4.62. The van der Waals surface area contributed by atoms with E-state index < -0.39 is 0 Å². The van der Waals surface area contributed by atoms with Gasteiger partial charge in [0.15, 0.2) is 5.01 Å². The summed E-state index contributed by atoms with van der Waals surface area (Å²) >= 11 is 1.57. The van der Waals surface area contributed by atoms with Crippen LogP contribution in [0.25, 0.3) is 10.6 Å². The van der Waals surface area contributed by atoms with Gasteiger partial charge in [-0.05, 0) is 31.9 Å². The number of nitrogens with zero attached hydrogens (tertiary/aromatic N) is 3. The lowest BCUT2D eigenvalue weighted by Gasteiger charge is -2.07. The quantitative estimate of drug-likeness (QED) is 0.916. The zero-order valence-corrected chi connectivity index (χ0v) is 12.0. The van der Waals surface area contributed by atoms with E-state index in [4.69, 9.17) is 0 Å². The predicted octanol–water partition coefficient (Wildman–Crippen LogP) is 3.46. The maximum Gasteiger partial charge on any atom is 0.205 e. The van der Waals surface area contributed by atoms with Crippen molar-refractivity contribution in [2.24, 2.45) is 0 Å². The Bertz CT molecular complexity index is 534. The van der Waals surface area contributed by atoms with E-state index in [-0.39, 0.29) is 0 Å². The number of aryl methyl sites for hydroxylation is 1. The van der Waals surface area contributed by atoms with Crippen LogP contribution in [0, 0.1) is 6.92 Å². The summed E-state index contributed by atoms with van der Waals surface area (Å²) in [5, 5.41) is 13.3. The Morgan fingerprint density at radius 1 is 1.28 bits per heavy atom. The van der Waals surface area contributed by atoms with Crippen LogP contribution < -0.4 is 5.32 Å². The van der Waals surface area contributed by atoms with Crippen LogP contribution in [0.1, 0.15) is 38.1 Å². The molecule has 0 unspecified atom stereocenters. The average Bonchev–Trinajstić information content (AvgIpc) is 2.77. The molecule has 0 fully saturated rings. The molecule has 2 heterocycles. The van der Waals surface area contributed by atoms with E-state index in [2.05, 4.69) is 46.5 Å². The third-order valence-corrected chi connectivity index (χ3v) is 3.60. The summed E-state index contributed by atoms with van der Waals surface area (Å²) in [6.07, 6.45) is 0. The number of nitrogens with one attached hydrogen (secondary N) is 1. The van der Waals surface area contributed by atoms with Crippen molar-refractivity contribution < 1.29 is 0 Å². The van der Waals surface area contributed by atoms with Crippen molar-refractivity contribution in [1.29, 1.82) is 0 Å². The zero-order valence-electron chi connectivity index (χ0n) is 11.2. The summed E-state index contributed by atoms with van der Waals surface area (Å²) in [4.78, 5) is 4.62. The smallest absolute Gasteiger partial charge is 0.205 e. The largest absolute Gasteiger partial charge is 0.360 e. The maximum absolute atomic E-state index is 4.62. The second kappa shape index (κ2) is 5.44. The van der Waals surface area contributed by atoms with Crippen molar-refractivity contribution >= 4 is 16.5 Å². The molecule has 0 saturated carbocycles. The van der Waals surface area contributed by atoms with Gasteiger partial charge in [-0.25, -0.2) is 0 Å². The van der Waals surface area contributed by atoms with Gasteiger partial charge in [0.2, 0.25) is 5.13 Å². The highest BCUT2D eigenvalue weighted by Crippen LogP contribution is 2.29. The Morgan fingerprint density at radius 3 is 2.67 bits per heavy atom. The minimum atomic E-state index is 0.449. The van der Waals surface area contributed by atoms with E-state index in [1.54, 1.807) is 11.3 Å². The van der Waals surface area contributed by atoms with Crippen LogP contribution in [0.4, 0.5) is 5.13 Å². The lowest BCUT2D eigenvalue weighted by Crippen LogP contribution is -1.96. The highest BCUT2D eigenvalue weighted by molar-refractivity contribution is 7.18.